The van der Waals surface area contributed by atoms with Gasteiger partial charge in [-0.2, -0.15) is 0 Å². The Hall–Kier alpha value is -3.66. The third-order valence-electron chi connectivity index (χ3n) is 7.75. The number of ether oxygens (including phenoxy) is 2. The van der Waals surface area contributed by atoms with E-state index in [0.29, 0.717) is 42.4 Å². The van der Waals surface area contributed by atoms with Crippen LogP contribution in [-0.4, -0.2) is 73.5 Å². The van der Waals surface area contributed by atoms with E-state index in [9.17, 15) is 14.7 Å². The van der Waals surface area contributed by atoms with Gasteiger partial charge >= 0.3 is 6.03 Å². The van der Waals surface area contributed by atoms with Gasteiger partial charge < -0.3 is 35.4 Å². The molecule has 3 amide bonds. The summed E-state index contributed by atoms with van der Waals surface area (Å²) in [5.74, 6) is 0.189. The highest BCUT2D eigenvalue weighted by molar-refractivity contribution is 6.07. The quantitative estimate of drug-likeness (QED) is 0.308. The van der Waals surface area contributed by atoms with Crippen LogP contribution in [0.1, 0.15) is 50.4 Å². The third-order valence-corrected chi connectivity index (χ3v) is 7.75. The Balaban J connectivity index is 1.63. The minimum absolute atomic E-state index is 0.00872. The molecule has 0 unspecified atom stereocenters. The number of rotatable bonds is 6. The Morgan fingerprint density at radius 2 is 1.86 bits per heavy atom. The van der Waals surface area contributed by atoms with Crippen LogP contribution in [0.15, 0.2) is 60.7 Å². The van der Waals surface area contributed by atoms with Gasteiger partial charge in [0.25, 0.3) is 5.91 Å². The number of carbonyl (C=O) groups is 2. The average Bonchev–Trinajstić information content (AvgIpc) is 2.98. The normalized spacial score (nSPS) is 21.1. The first-order valence-electron chi connectivity index (χ1n) is 14.8. The molecule has 0 saturated heterocycles. The fourth-order valence-electron chi connectivity index (χ4n) is 5.31. The number of carbonyl (C=O) groups excluding carboxylic acids is 2. The fraction of sp³-hybridized carbons (Fsp3) is 0.455. The van der Waals surface area contributed by atoms with E-state index in [1.54, 1.807) is 23.1 Å². The van der Waals surface area contributed by atoms with E-state index in [2.05, 4.69) is 22.9 Å². The van der Waals surface area contributed by atoms with Crippen molar-refractivity contribution in [2.45, 2.75) is 58.3 Å². The standard InChI is InChI=1S/C33H44N4O5/c1-22-20-37(23(2)21-38)32(39)28-18-26(35-33(40)36-29-14-9-12-25-11-5-6-13-27(25)29)15-16-30(28)42-24(3)10-7-8-17-41-31(22)19-34-4/h5-6,9,11-16,18,22-24,31,34,38H,7-8,10,17,19-21H2,1-4H3,(H2,35,36,40)/t22-,23+,24+,31+/m0/s1. The van der Waals surface area contributed by atoms with E-state index in [1.807, 2.05) is 63.4 Å². The number of amides is 3. The molecule has 4 rings (SSSR count). The number of aliphatic hydroxyl groups is 1. The first-order chi connectivity index (χ1) is 20.3. The zero-order valence-electron chi connectivity index (χ0n) is 25.1. The first-order valence-corrected chi connectivity index (χ1v) is 14.8. The van der Waals surface area contributed by atoms with Crippen molar-refractivity contribution in [3.63, 3.8) is 0 Å². The van der Waals surface area contributed by atoms with E-state index >= 15 is 0 Å². The molecule has 0 aliphatic carbocycles. The predicted octanol–water partition coefficient (Wildman–Crippen LogP) is 5.50. The maximum absolute atomic E-state index is 14.1. The highest BCUT2D eigenvalue weighted by Crippen LogP contribution is 2.29. The van der Waals surface area contributed by atoms with Crippen LogP contribution in [0.4, 0.5) is 16.2 Å². The largest absolute Gasteiger partial charge is 0.490 e. The molecule has 1 aliphatic rings. The van der Waals surface area contributed by atoms with Gasteiger partial charge in [0.1, 0.15) is 5.75 Å². The SMILES string of the molecule is CNC[C@H]1OCCCC[C@@H](C)Oc2ccc(NC(=O)Nc3cccc4ccccc34)cc2C(=O)N([C@H](C)CO)C[C@@H]1C. The summed E-state index contributed by atoms with van der Waals surface area (Å²) >= 11 is 0. The topological polar surface area (TPSA) is 112 Å². The summed E-state index contributed by atoms with van der Waals surface area (Å²) < 4.78 is 12.5. The van der Waals surface area contributed by atoms with Crippen molar-refractivity contribution in [2.75, 3.05) is 44.0 Å². The Kier molecular flexibility index (Phi) is 11.2. The Labute approximate surface area is 248 Å². The third kappa shape index (κ3) is 8.00. The summed E-state index contributed by atoms with van der Waals surface area (Å²) in [6.45, 7) is 7.38. The van der Waals surface area contributed by atoms with E-state index in [-0.39, 0.29) is 30.6 Å². The van der Waals surface area contributed by atoms with Crippen LogP contribution in [0.5, 0.6) is 5.75 Å². The molecule has 4 atom stereocenters. The molecule has 226 valence electrons. The molecule has 0 bridgehead atoms. The number of nitrogens with one attached hydrogen (secondary N) is 3. The number of hydrogen-bond donors (Lipinski definition) is 4. The summed E-state index contributed by atoms with van der Waals surface area (Å²) in [6, 6.07) is 17.9. The van der Waals surface area contributed by atoms with Crippen LogP contribution in [0.2, 0.25) is 0 Å². The van der Waals surface area contributed by atoms with Gasteiger partial charge in [0, 0.05) is 36.7 Å². The molecule has 1 heterocycles. The molecule has 9 heteroatoms. The van der Waals surface area contributed by atoms with Crippen molar-refractivity contribution in [1.29, 1.82) is 0 Å². The number of likely N-dealkylation sites (N-methyl/N-ethyl adjacent to an activating group) is 1. The van der Waals surface area contributed by atoms with Crippen molar-refractivity contribution in [1.82, 2.24) is 10.2 Å². The molecule has 0 fully saturated rings. The van der Waals surface area contributed by atoms with Crippen LogP contribution in [-0.2, 0) is 4.74 Å². The average molecular weight is 577 g/mol. The summed E-state index contributed by atoms with van der Waals surface area (Å²) in [7, 11) is 1.89. The number of aliphatic hydroxyl groups excluding tert-OH is 1. The summed E-state index contributed by atoms with van der Waals surface area (Å²) in [5, 5.41) is 21.0. The zero-order chi connectivity index (χ0) is 30.1. The van der Waals surface area contributed by atoms with Crippen LogP contribution < -0.4 is 20.7 Å². The molecule has 0 saturated carbocycles. The lowest BCUT2D eigenvalue weighted by Crippen LogP contribution is -2.47. The number of fused-ring (bicyclic) bond motifs is 2. The van der Waals surface area contributed by atoms with Gasteiger partial charge in [-0.25, -0.2) is 4.79 Å². The highest BCUT2D eigenvalue weighted by Gasteiger charge is 2.29. The fourth-order valence-corrected chi connectivity index (χ4v) is 5.31. The van der Waals surface area contributed by atoms with Crippen molar-refractivity contribution >= 4 is 34.1 Å². The molecule has 9 nitrogen and oxygen atoms in total. The van der Waals surface area contributed by atoms with Gasteiger partial charge in [-0.1, -0.05) is 43.3 Å². The second kappa shape index (κ2) is 15.0. The number of urea groups is 1. The van der Waals surface area contributed by atoms with E-state index in [1.165, 1.54) is 0 Å². The maximum Gasteiger partial charge on any atom is 0.323 e. The first kappa shape index (κ1) is 31.3. The molecule has 4 N–H and O–H groups in total. The number of benzene rings is 3. The summed E-state index contributed by atoms with van der Waals surface area (Å²) in [5.41, 5.74) is 1.48. The monoisotopic (exact) mass is 576 g/mol. The molecule has 0 radical (unpaired) electrons. The van der Waals surface area contributed by atoms with E-state index in [4.69, 9.17) is 9.47 Å². The predicted molar refractivity (Wildman–Crippen MR) is 167 cm³/mol. The number of nitrogens with zero attached hydrogens (tertiary/aromatic N) is 1. The van der Waals surface area contributed by atoms with Crippen molar-refractivity contribution in [3.05, 3.63) is 66.2 Å². The van der Waals surface area contributed by atoms with E-state index < -0.39 is 12.1 Å². The molecule has 42 heavy (non-hydrogen) atoms. The zero-order valence-corrected chi connectivity index (χ0v) is 25.1. The minimum Gasteiger partial charge on any atom is -0.490 e. The van der Waals surface area contributed by atoms with Crippen LogP contribution >= 0.6 is 0 Å². The van der Waals surface area contributed by atoms with Gasteiger partial charge in [0.2, 0.25) is 0 Å². The summed E-state index contributed by atoms with van der Waals surface area (Å²) in [6.07, 6.45) is 2.46. The lowest BCUT2D eigenvalue weighted by Gasteiger charge is -2.34. The van der Waals surface area contributed by atoms with Crippen molar-refractivity contribution < 1.29 is 24.2 Å². The Morgan fingerprint density at radius 1 is 1.07 bits per heavy atom. The highest BCUT2D eigenvalue weighted by atomic mass is 16.5. The lowest BCUT2D eigenvalue weighted by molar-refractivity contribution is -0.000451. The second-order valence-corrected chi connectivity index (χ2v) is 11.2. The van der Waals surface area contributed by atoms with Crippen LogP contribution in [0.3, 0.4) is 0 Å². The lowest BCUT2D eigenvalue weighted by atomic mass is 10.0. The molecule has 0 aromatic heterocycles. The molecule has 0 spiro atoms. The smallest absolute Gasteiger partial charge is 0.323 e. The van der Waals surface area contributed by atoms with E-state index in [0.717, 1.165) is 30.0 Å². The van der Waals surface area contributed by atoms with Gasteiger partial charge in [-0.15, -0.1) is 0 Å². The Bertz CT molecular complexity index is 1340. The molecular weight excluding hydrogens is 532 g/mol. The molecule has 1 aliphatic heterocycles. The number of hydrogen-bond acceptors (Lipinski definition) is 6. The van der Waals surface area contributed by atoms with Gasteiger partial charge in [0.05, 0.1) is 36.1 Å². The van der Waals surface area contributed by atoms with Crippen molar-refractivity contribution in [3.8, 4) is 5.75 Å². The summed E-state index contributed by atoms with van der Waals surface area (Å²) in [4.78, 5) is 28.9. The second-order valence-electron chi connectivity index (χ2n) is 11.2. The van der Waals surface area contributed by atoms with Crippen molar-refractivity contribution in [2.24, 2.45) is 5.92 Å². The molecule has 3 aromatic carbocycles. The maximum atomic E-state index is 14.1. The van der Waals surface area contributed by atoms with Gasteiger partial charge in [-0.05, 0) is 69.8 Å². The minimum atomic E-state index is -0.431. The van der Waals surface area contributed by atoms with Gasteiger partial charge in [-0.3, -0.25) is 4.79 Å². The van der Waals surface area contributed by atoms with Gasteiger partial charge in [0.15, 0.2) is 0 Å². The number of anilines is 2. The van der Waals surface area contributed by atoms with Crippen LogP contribution in [0, 0.1) is 5.92 Å². The van der Waals surface area contributed by atoms with Crippen LogP contribution in [0.25, 0.3) is 10.8 Å². The molecular formula is C33H44N4O5. The Morgan fingerprint density at radius 3 is 2.64 bits per heavy atom. The molecule has 3 aromatic rings.